The van der Waals surface area contributed by atoms with Gasteiger partial charge in [0, 0.05) is 12.0 Å². The first-order chi connectivity index (χ1) is 8.74. The molecule has 0 amide bonds. The first kappa shape index (κ1) is 11.5. The molecule has 1 aromatic carbocycles. The van der Waals surface area contributed by atoms with Crippen LogP contribution >= 0.6 is 0 Å². The van der Waals surface area contributed by atoms with Gasteiger partial charge in [0.25, 0.3) is 0 Å². The van der Waals surface area contributed by atoms with Crippen LogP contribution in [0.5, 0.6) is 5.75 Å². The van der Waals surface area contributed by atoms with Crippen LogP contribution in [0.15, 0.2) is 29.8 Å². The van der Waals surface area contributed by atoms with E-state index < -0.39 is 0 Å². The molecule has 2 aliphatic rings. The van der Waals surface area contributed by atoms with Crippen LogP contribution < -0.4 is 4.74 Å². The third-order valence-corrected chi connectivity index (χ3v) is 3.92. The first-order valence-corrected chi connectivity index (χ1v) is 6.73. The minimum atomic E-state index is 0.205. The van der Waals surface area contributed by atoms with Gasteiger partial charge in [0.05, 0.1) is 6.61 Å². The molecule has 0 saturated carbocycles. The second kappa shape index (κ2) is 4.60. The minimum Gasteiger partial charge on any atom is -0.493 e. The van der Waals surface area contributed by atoms with Crippen molar-refractivity contribution in [1.82, 2.24) is 0 Å². The smallest absolute Gasteiger partial charge is 0.188 e. The lowest BCUT2D eigenvalue weighted by molar-refractivity contribution is 0.102. The third-order valence-electron chi connectivity index (χ3n) is 3.92. The van der Waals surface area contributed by atoms with Gasteiger partial charge in [0.15, 0.2) is 5.78 Å². The number of hydrogen-bond acceptors (Lipinski definition) is 2. The van der Waals surface area contributed by atoms with Crippen LogP contribution in [0.3, 0.4) is 0 Å². The second-order valence-electron chi connectivity index (χ2n) is 5.36. The van der Waals surface area contributed by atoms with Crippen molar-refractivity contribution in [1.29, 1.82) is 0 Å². The maximum absolute atomic E-state index is 12.4. The largest absolute Gasteiger partial charge is 0.493 e. The standard InChI is InChI=1S/C16H18O2/c1-11-2-4-12(5-3-11)16(17)14-6-7-15-13(10-14)8-9-18-15/h4,6-7,10-11H,2-3,5,8-9H2,1H3. The molecule has 94 valence electrons. The number of rotatable bonds is 2. The summed E-state index contributed by atoms with van der Waals surface area (Å²) < 4.78 is 5.47. The second-order valence-corrected chi connectivity index (χ2v) is 5.36. The fourth-order valence-corrected chi connectivity index (χ4v) is 2.68. The highest BCUT2D eigenvalue weighted by atomic mass is 16.5. The molecule has 0 radical (unpaired) electrons. The van der Waals surface area contributed by atoms with E-state index in [9.17, 15) is 4.79 Å². The summed E-state index contributed by atoms with van der Waals surface area (Å²) in [5.41, 5.74) is 2.98. The molecule has 1 aromatic rings. The normalized spacial score (nSPS) is 22.1. The van der Waals surface area contributed by atoms with Crippen LogP contribution in [0.4, 0.5) is 0 Å². The fraction of sp³-hybridized carbons (Fsp3) is 0.438. The van der Waals surface area contributed by atoms with E-state index in [0.29, 0.717) is 0 Å². The van der Waals surface area contributed by atoms with Gasteiger partial charge in [0.2, 0.25) is 0 Å². The number of ether oxygens (including phenoxy) is 1. The molecular formula is C16H18O2. The van der Waals surface area contributed by atoms with E-state index in [0.717, 1.165) is 55.1 Å². The summed E-state index contributed by atoms with van der Waals surface area (Å²) in [4.78, 5) is 12.4. The molecule has 0 N–H and O–H groups in total. The topological polar surface area (TPSA) is 26.3 Å². The first-order valence-electron chi connectivity index (χ1n) is 6.73. The van der Waals surface area contributed by atoms with Crippen LogP contribution in [-0.2, 0) is 6.42 Å². The third kappa shape index (κ3) is 2.07. The van der Waals surface area contributed by atoms with Crippen molar-refractivity contribution < 1.29 is 9.53 Å². The molecular weight excluding hydrogens is 224 g/mol. The average Bonchev–Trinajstić information content (AvgIpc) is 2.86. The Morgan fingerprint density at radius 2 is 2.22 bits per heavy atom. The molecule has 0 saturated heterocycles. The molecule has 2 heteroatoms. The monoisotopic (exact) mass is 242 g/mol. The molecule has 1 aliphatic heterocycles. The SMILES string of the molecule is CC1CC=C(C(=O)c2ccc3c(c2)CCO3)CC1. The molecule has 0 bridgehead atoms. The summed E-state index contributed by atoms with van der Waals surface area (Å²) in [5, 5.41) is 0. The van der Waals surface area contributed by atoms with Gasteiger partial charge in [-0.3, -0.25) is 4.79 Å². The summed E-state index contributed by atoms with van der Waals surface area (Å²) in [6.07, 6.45) is 6.14. The lowest BCUT2D eigenvalue weighted by atomic mass is 9.87. The Bertz CT molecular complexity index is 514. The Balaban J connectivity index is 1.84. The van der Waals surface area contributed by atoms with Gasteiger partial charge >= 0.3 is 0 Å². The fourth-order valence-electron chi connectivity index (χ4n) is 2.68. The quantitative estimate of drug-likeness (QED) is 0.741. The van der Waals surface area contributed by atoms with Crippen molar-refractivity contribution >= 4 is 5.78 Å². The summed E-state index contributed by atoms with van der Waals surface area (Å²) in [7, 11) is 0. The average molecular weight is 242 g/mol. The van der Waals surface area contributed by atoms with E-state index in [1.807, 2.05) is 18.2 Å². The Morgan fingerprint density at radius 1 is 1.33 bits per heavy atom. The number of carbonyl (C=O) groups is 1. The molecule has 0 spiro atoms. The maximum atomic E-state index is 12.4. The van der Waals surface area contributed by atoms with Gasteiger partial charge in [-0.05, 0) is 54.5 Å². The van der Waals surface area contributed by atoms with Crippen molar-refractivity contribution in [3.63, 3.8) is 0 Å². The van der Waals surface area contributed by atoms with Gasteiger partial charge in [-0.2, -0.15) is 0 Å². The van der Waals surface area contributed by atoms with Gasteiger partial charge in [-0.15, -0.1) is 0 Å². The van der Waals surface area contributed by atoms with Crippen molar-refractivity contribution in [2.75, 3.05) is 6.61 Å². The maximum Gasteiger partial charge on any atom is 0.188 e. The van der Waals surface area contributed by atoms with E-state index in [2.05, 4.69) is 13.0 Å². The number of fused-ring (bicyclic) bond motifs is 1. The predicted octanol–water partition coefficient (Wildman–Crippen LogP) is 3.55. The summed E-state index contributed by atoms with van der Waals surface area (Å²) >= 11 is 0. The number of ketones is 1. The lowest BCUT2D eigenvalue weighted by Crippen LogP contribution is -2.10. The molecule has 1 unspecified atom stereocenters. The number of benzene rings is 1. The molecule has 1 atom stereocenters. The Kier molecular flexibility index (Phi) is 2.94. The highest BCUT2D eigenvalue weighted by Crippen LogP contribution is 2.29. The summed E-state index contributed by atoms with van der Waals surface area (Å²) in [6, 6.07) is 5.83. The molecule has 2 nitrogen and oxygen atoms in total. The Morgan fingerprint density at radius 3 is 3.00 bits per heavy atom. The molecule has 0 aromatic heterocycles. The number of hydrogen-bond donors (Lipinski definition) is 0. The number of allylic oxidation sites excluding steroid dienone is 2. The zero-order valence-corrected chi connectivity index (χ0v) is 10.7. The predicted molar refractivity (Wildman–Crippen MR) is 71.1 cm³/mol. The molecule has 1 heterocycles. The number of Topliss-reactive ketones (excluding diaryl/α,β-unsaturated/α-hetero) is 1. The van der Waals surface area contributed by atoms with E-state index in [1.54, 1.807) is 0 Å². The van der Waals surface area contributed by atoms with Gasteiger partial charge in [-0.1, -0.05) is 13.0 Å². The van der Waals surface area contributed by atoms with Gasteiger partial charge in [0.1, 0.15) is 5.75 Å². The van der Waals surface area contributed by atoms with E-state index >= 15 is 0 Å². The van der Waals surface area contributed by atoms with Crippen LogP contribution in [0.2, 0.25) is 0 Å². The summed E-state index contributed by atoms with van der Waals surface area (Å²) in [6.45, 7) is 2.98. The minimum absolute atomic E-state index is 0.205. The Labute approximate surface area is 108 Å². The van der Waals surface area contributed by atoms with Crippen molar-refractivity contribution in [2.45, 2.75) is 32.6 Å². The number of carbonyl (C=O) groups excluding carboxylic acids is 1. The van der Waals surface area contributed by atoms with Gasteiger partial charge in [-0.25, -0.2) is 0 Å². The van der Waals surface area contributed by atoms with E-state index in [1.165, 1.54) is 5.56 Å². The van der Waals surface area contributed by atoms with Crippen molar-refractivity contribution in [3.05, 3.63) is 41.0 Å². The van der Waals surface area contributed by atoms with Gasteiger partial charge < -0.3 is 4.74 Å². The van der Waals surface area contributed by atoms with E-state index in [-0.39, 0.29) is 5.78 Å². The van der Waals surface area contributed by atoms with Crippen LogP contribution in [-0.4, -0.2) is 12.4 Å². The highest BCUT2D eigenvalue weighted by molar-refractivity contribution is 6.08. The van der Waals surface area contributed by atoms with Crippen LogP contribution in [0.25, 0.3) is 0 Å². The zero-order valence-electron chi connectivity index (χ0n) is 10.7. The van der Waals surface area contributed by atoms with Crippen molar-refractivity contribution in [3.8, 4) is 5.75 Å². The molecule has 3 rings (SSSR count). The molecule has 18 heavy (non-hydrogen) atoms. The lowest BCUT2D eigenvalue weighted by Gasteiger charge is -2.17. The molecule has 1 aliphatic carbocycles. The van der Waals surface area contributed by atoms with Crippen molar-refractivity contribution in [2.24, 2.45) is 5.92 Å². The zero-order chi connectivity index (χ0) is 12.5. The molecule has 0 fully saturated rings. The van der Waals surface area contributed by atoms with Crippen LogP contribution in [0, 0.1) is 5.92 Å². The Hall–Kier alpha value is -1.57. The van der Waals surface area contributed by atoms with Crippen LogP contribution in [0.1, 0.15) is 42.1 Å². The summed E-state index contributed by atoms with van der Waals surface area (Å²) in [5.74, 6) is 1.87. The highest BCUT2D eigenvalue weighted by Gasteiger charge is 2.19. The van der Waals surface area contributed by atoms with E-state index in [4.69, 9.17) is 4.74 Å².